The highest BCUT2D eigenvalue weighted by Crippen LogP contribution is 2.63. The van der Waals surface area contributed by atoms with E-state index in [1.807, 2.05) is 18.2 Å². The molecular formula is C37H20Br2O2S. The minimum Gasteiger partial charge on any atom is -0.218 e. The van der Waals surface area contributed by atoms with Crippen LogP contribution >= 0.6 is 31.9 Å². The Morgan fingerprint density at radius 2 is 0.905 bits per heavy atom. The van der Waals surface area contributed by atoms with Crippen molar-refractivity contribution in [3.63, 3.8) is 0 Å². The predicted molar refractivity (Wildman–Crippen MR) is 174 cm³/mol. The van der Waals surface area contributed by atoms with Gasteiger partial charge in [-0.3, -0.25) is 0 Å². The molecule has 42 heavy (non-hydrogen) atoms. The maximum atomic E-state index is 14.1. The Labute approximate surface area is 260 Å². The van der Waals surface area contributed by atoms with Gasteiger partial charge in [-0.2, -0.15) is 0 Å². The SMILES string of the molecule is O=S1(=O)c2ccccc2-c2cc3c(cc21)C1(c2cc(Br)ccc2-c2ccccc2-c2ccc(Br)cc21)c1ccccc1-3. The lowest BCUT2D eigenvalue weighted by Crippen LogP contribution is -2.29. The number of benzene rings is 6. The van der Waals surface area contributed by atoms with Gasteiger partial charge < -0.3 is 0 Å². The van der Waals surface area contributed by atoms with E-state index in [4.69, 9.17) is 0 Å². The molecule has 1 spiro atoms. The topological polar surface area (TPSA) is 34.1 Å². The van der Waals surface area contributed by atoms with E-state index in [2.05, 4.69) is 123 Å². The van der Waals surface area contributed by atoms with Crippen LogP contribution in [0.1, 0.15) is 22.3 Å². The summed E-state index contributed by atoms with van der Waals surface area (Å²) in [5.74, 6) is 0. The zero-order valence-electron chi connectivity index (χ0n) is 22.0. The highest BCUT2D eigenvalue weighted by atomic mass is 79.9. The number of halogens is 2. The molecule has 9 rings (SSSR count). The number of sulfone groups is 1. The molecule has 0 saturated heterocycles. The van der Waals surface area contributed by atoms with Crippen LogP contribution in [0.2, 0.25) is 0 Å². The van der Waals surface area contributed by atoms with Gasteiger partial charge in [0.25, 0.3) is 0 Å². The van der Waals surface area contributed by atoms with Crippen molar-refractivity contribution in [2.75, 3.05) is 0 Å². The van der Waals surface area contributed by atoms with Gasteiger partial charge in [-0.25, -0.2) is 8.42 Å². The minimum atomic E-state index is -3.68. The summed E-state index contributed by atoms with van der Waals surface area (Å²) in [6, 6.07) is 41.6. The Morgan fingerprint density at radius 1 is 0.405 bits per heavy atom. The van der Waals surface area contributed by atoms with E-state index >= 15 is 0 Å². The summed E-state index contributed by atoms with van der Waals surface area (Å²) >= 11 is 7.61. The van der Waals surface area contributed by atoms with Crippen molar-refractivity contribution >= 4 is 41.7 Å². The molecule has 2 aliphatic carbocycles. The second kappa shape index (κ2) is 8.41. The van der Waals surface area contributed by atoms with Gasteiger partial charge in [0.15, 0.2) is 0 Å². The van der Waals surface area contributed by atoms with Crippen LogP contribution in [0.15, 0.2) is 140 Å². The van der Waals surface area contributed by atoms with Crippen molar-refractivity contribution in [1.29, 1.82) is 0 Å². The number of rotatable bonds is 0. The molecule has 0 saturated carbocycles. The molecule has 0 amide bonds. The number of hydrogen-bond donors (Lipinski definition) is 0. The van der Waals surface area contributed by atoms with E-state index in [9.17, 15) is 8.42 Å². The Kier molecular flexibility index (Phi) is 4.96. The van der Waals surface area contributed by atoms with Crippen molar-refractivity contribution in [3.05, 3.63) is 153 Å². The maximum absolute atomic E-state index is 14.1. The lowest BCUT2D eigenvalue weighted by atomic mass is 9.66. The summed E-state index contributed by atoms with van der Waals surface area (Å²) in [5, 5.41) is 0. The predicted octanol–water partition coefficient (Wildman–Crippen LogP) is 10.0. The molecular weight excluding hydrogens is 668 g/mol. The van der Waals surface area contributed by atoms with Crippen molar-refractivity contribution < 1.29 is 8.42 Å². The van der Waals surface area contributed by atoms with E-state index < -0.39 is 15.3 Å². The summed E-state index contributed by atoms with van der Waals surface area (Å²) in [6.45, 7) is 0. The van der Waals surface area contributed by atoms with E-state index in [1.165, 1.54) is 0 Å². The average molecular weight is 688 g/mol. The zero-order valence-corrected chi connectivity index (χ0v) is 26.0. The first-order valence-corrected chi connectivity index (χ1v) is 16.8. The number of fused-ring (bicyclic) bond motifs is 15. The van der Waals surface area contributed by atoms with E-state index in [-0.39, 0.29) is 0 Å². The molecule has 6 aromatic rings. The van der Waals surface area contributed by atoms with Gasteiger partial charge in [-0.15, -0.1) is 0 Å². The third-order valence-corrected chi connectivity index (χ3v) is 12.0. The van der Waals surface area contributed by atoms with Gasteiger partial charge in [0.05, 0.1) is 15.2 Å². The first-order chi connectivity index (χ1) is 20.4. The van der Waals surface area contributed by atoms with Crippen LogP contribution in [0.3, 0.4) is 0 Å². The van der Waals surface area contributed by atoms with Gasteiger partial charge in [0, 0.05) is 20.1 Å². The zero-order chi connectivity index (χ0) is 28.4. The molecule has 5 heteroatoms. The molecule has 6 aromatic carbocycles. The standard InChI is InChI=1S/C37H20Br2O2S/c38-21-13-15-26-23-7-1-2-8-24(23)27-16-14-22(39)18-33(27)37(32(26)17-21)31-11-5-3-9-25(31)29-19-30-28-10-4-6-12-35(28)42(40,41)36(30)20-34(29)37/h1-20H. The van der Waals surface area contributed by atoms with Crippen LogP contribution in [-0.4, -0.2) is 8.42 Å². The largest absolute Gasteiger partial charge is 0.218 e. The van der Waals surface area contributed by atoms with Gasteiger partial charge in [-0.1, -0.05) is 111 Å². The fraction of sp³-hybridized carbons (Fsp3) is 0.0270. The summed E-state index contributed by atoms with van der Waals surface area (Å²) < 4.78 is 30.1. The molecule has 200 valence electrons. The molecule has 2 nitrogen and oxygen atoms in total. The van der Waals surface area contributed by atoms with Crippen LogP contribution in [0.25, 0.3) is 44.5 Å². The van der Waals surface area contributed by atoms with Crippen LogP contribution < -0.4 is 0 Å². The van der Waals surface area contributed by atoms with Gasteiger partial charge >= 0.3 is 0 Å². The fourth-order valence-electron chi connectivity index (χ4n) is 7.58. The molecule has 1 heterocycles. The average Bonchev–Trinajstić information content (AvgIpc) is 3.38. The third-order valence-electron chi connectivity index (χ3n) is 9.18. The van der Waals surface area contributed by atoms with Crippen molar-refractivity contribution in [2.24, 2.45) is 0 Å². The summed E-state index contributed by atoms with van der Waals surface area (Å²) in [4.78, 5) is 0.759. The third kappa shape index (κ3) is 2.96. The first-order valence-electron chi connectivity index (χ1n) is 13.7. The van der Waals surface area contributed by atoms with Gasteiger partial charge in [0.2, 0.25) is 9.84 Å². The number of hydrogen-bond acceptors (Lipinski definition) is 2. The molecule has 0 bridgehead atoms. The highest BCUT2D eigenvalue weighted by molar-refractivity contribution is 9.10. The van der Waals surface area contributed by atoms with Crippen LogP contribution in [0.5, 0.6) is 0 Å². The summed E-state index contributed by atoms with van der Waals surface area (Å²) in [7, 11) is -3.68. The van der Waals surface area contributed by atoms with Crippen LogP contribution in [-0.2, 0) is 15.3 Å². The molecule has 0 aromatic heterocycles. The van der Waals surface area contributed by atoms with Crippen LogP contribution in [0.4, 0.5) is 0 Å². The molecule has 0 unspecified atom stereocenters. The summed E-state index contributed by atoms with van der Waals surface area (Å²) in [6.07, 6.45) is 0. The lowest BCUT2D eigenvalue weighted by molar-refractivity contribution is 0.598. The van der Waals surface area contributed by atoms with Gasteiger partial charge in [0.1, 0.15) is 0 Å². The quantitative estimate of drug-likeness (QED) is 0.159. The fourth-order valence-corrected chi connectivity index (χ4v) is 9.99. The molecule has 0 radical (unpaired) electrons. The highest BCUT2D eigenvalue weighted by Gasteiger charge is 2.51. The first kappa shape index (κ1) is 24.8. The lowest BCUT2D eigenvalue weighted by Gasteiger charge is -2.35. The second-order valence-electron chi connectivity index (χ2n) is 11.1. The minimum absolute atomic E-state index is 0.379. The Morgan fingerprint density at radius 3 is 1.55 bits per heavy atom. The smallest absolute Gasteiger partial charge is 0.207 e. The van der Waals surface area contributed by atoms with Crippen LogP contribution in [0, 0.1) is 0 Å². The van der Waals surface area contributed by atoms with E-state index in [0.717, 1.165) is 75.7 Å². The Bertz CT molecular complexity index is 2230. The van der Waals surface area contributed by atoms with Crippen molar-refractivity contribution in [3.8, 4) is 44.5 Å². The van der Waals surface area contributed by atoms with Crippen molar-refractivity contribution in [2.45, 2.75) is 15.2 Å². The monoisotopic (exact) mass is 686 g/mol. The molecule has 1 aliphatic heterocycles. The Hall–Kier alpha value is -3.77. The maximum Gasteiger partial charge on any atom is 0.207 e. The Balaban J connectivity index is 1.53. The van der Waals surface area contributed by atoms with Crippen molar-refractivity contribution in [1.82, 2.24) is 0 Å². The molecule has 0 N–H and O–H groups in total. The van der Waals surface area contributed by atoms with E-state index in [0.29, 0.717) is 9.79 Å². The molecule has 3 aliphatic rings. The van der Waals surface area contributed by atoms with E-state index in [1.54, 1.807) is 12.1 Å². The molecule has 0 atom stereocenters. The molecule has 0 fully saturated rings. The second-order valence-corrected chi connectivity index (χ2v) is 14.8. The normalized spacial score (nSPS) is 15.5. The summed E-state index contributed by atoms with van der Waals surface area (Å²) in [5.41, 5.74) is 12.0. The van der Waals surface area contributed by atoms with Gasteiger partial charge in [-0.05, 0) is 98.1 Å².